The second-order valence-electron chi connectivity index (χ2n) is 3.61. The molecular weight excluding hydrogens is 237 g/mol. The fraction of sp³-hybridized carbons (Fsp3) is 0. The van der Waals surface area contributed by atoms with Gasteiger partial charge in [0.2, 0.25) is 0 Å². The van der Waals surface area contributed by atoms with Crippen LogP contribution in [0.25, 0.3) is 0 Å². The molecule has 2 aromatic carbocycles. The molecule has 0 bridgehead atoms. The number of rotatable bonds is 3. The fourth-order valence-electron chi connectivity index (χ4n) is 1.45. The highest BCUT2D eigenvalue weighted by Gasteiger charge is 2.09. The van der Waals surface area contributed by atoms with Crippen LogP contribution in [0.2, 0.25) is 0 Å². The molecule has 0 aliphatic carbocycles. The molecule has 0 fully saturated rings. The number of carboxylic acids is 1. The highest BCUT2D eigenvalue weighted by atomic mass is 19.1. The van der Waals surface area contributed by atoms with Gasteiger partial charge in [-0.25, -0.2) is 9.18 Å². The first-order valence-corrected chi connectivity index (χ1v) is 5.12. The minimum atomic E-state index is -1.14. The molecule has 3 N–H and O–H groups in total. The van der Waals surface area contributed by atoms with Gasteiger partial charge < -0.3 is 15.6 Å². The summed E-state index contributed by atoms with van der Waals surface area (Å²) >= 11 is 0. The van der Waals surface area contributed by atoms with Gasteiger partial charge in [-0.1, -0.05) is 6.07 Å². The highest BCUT2D eigenvalue weighted by Crippen LogP contribution is 2.25. The average Bonchev–Trinajstić information content (AvgIpc) is 2.31. The van der Waals surface area contributed by atoms with Crippen LogP contribution in [0.5, 0.6) is 11.5 Å². The van der Waals surface area contributed by atoms with Gasteiger partial charge in [-0.05, 0) is 30.3 Å². The van der Waals surface area contributed by atoms with Crippen LogP contribution in [0.3, 0.4) is 0 Å². The molecule has 2 aromatic rings. The van der Waals surface area contributed by atoms with Crippen LogP contribution in [0.1, 0.15) is 10.4 Å². The summed E-state index contributed by atoms with van der Waals surface area (Å²) in [5.74, 6) is -0.998. The molecule has 0 atom stereocenters. The lowest BCUT2D eigenvalue weighted by Crippen LogP contribution is -2.02. The number of hydrogen-bond donors (Lipinski definition) is 2. The Bertz CT molecular complexity index is 599. The van der Waals surface area contributed by atoms with Crippen LogP contribution < -0.4 is 10.5 Å². The maximum Gasteiger partial charge on any atom is 0.337 e. The van der Waals surface area contributed by atoms with E-state index >= 15 is 0 Å². The smallest absolute Gasteiger partial charge is 0.337 e. The highest BCUT2D eigenvalue weighted by molar-refractivity contribution is 5.94. The zero-order valence-electron chi connectivity index (χ0n) is 9.26. The topological polar surface area (TPSA) is 72.5 Å². The summed E-state index contributed by atoms with van der Waals surface area (Å²) in [6.07, 6.45) is 0. The molecule has 0 aromatic heterocycles. The number of nitrogen functional groups attached to an aromatic ring is 1. The van der Waals surface area contributed by atoms with Crippen LogP contribution in [0.15, 0.2) is 42.5 Å². The standard InChI is InChI=1S/C13H10FNO3/c14-8-2-1-3-9(6-8)18-10-4-5-12(15)11(7-10)13(16)17/h1-7H,15H2,(H,16,17). The van der Waals surface area contributed by atoms with Crippen LogP contribution in [0.4, 0.5) is 10.1 Å². The lowest BCUT2D eigenvalue weighted by molar-refractivity contribution is 0.0697. The Morgan fingerprint density at radius 2 is 1.89 bits per heavy atom. The third-order valence-electron chi connectivity index (χ3n) is 2.29. The van der Waals surface area contributed by atoms with E-state index in [9.17, 15) is 9.18 Å². The molecule has 0 aliphatic rings. The van der Waals surface area contributed by atoms with E-state index in [-0.39, 0.29) is 22.7 Å². The second-order valence-corrected chi connectivity index (χ2v) is 3.61. The third-order valence-corrected chi connectivity index (χ3v) is 2.29. The number of hydrogen-bond acceptors (Lipinski definition) is 3. The van der Waals surface area contributed by atoms with Gasteiger partial charge in [0.25, 0.3) is 0 Å². The number of benzene rings is 2. The van der Waals surface area contributed by atoms with Crippen LogP contribution in [-0.4, -0.2) is 11.1 Å². The molecule has 0 saturated carbocycles. The first-order chi connectivity index (χ1) is 8.56. The van der Waals surface area contributed by atoms with Crippen molar-refractivity contribution in [2.24, 2.45) is 0 Å². The molecule has 0 saturated heterocycles. The summed E-state index contributed by atoms with van der Waals surface area (Å²) in [7, 11) is 0. The fourth-order valence-corrected chi connectivity index (χ4v) is 1.45. The van der Waals surface area contributed by atoms with E-state index in [1.54, 1.807) is 6.07 Å². The first-order valence-electron chi connectivity index (χ1n) is 5.12. The van der Waals surface area contributed by atoms with Gasteiger partial charge in [-0.2, -0.15) is 0 Å². The third kappa shape index (κ3) is 2.57. The zero-order chi connectivity index (χ0) is 13.1. The van der Waals surface area contributed by atoms with Gasteiger partial charge in [0.1, 0.15) is 17.3 Å². The zero-order valence-corrected chi connectivity index (χ0v) is 9.26. The lowest BCUT2D eigenvalue weighted by Gasteiger charge is -2.07. The second kappa shape index (κ2) is 4.75. The largest absolute Gasteiger partial charge is 0.478 e. The van der Waals surface area contributed by atoms with E-state index in [0.29, 0.717) is 0 Å². The van der Waals surface area contributed by atoms with E-state index in [1.165, 1.54) is 36.4 Å². The molecule has 0 heterocycles. The maximum absolute atomic E-state index is 12.9. The predicted molar refractivity (Wildman–Crippen MR) is 64.3 cm³/mol. The molecule has 0 radical (unpaired) electrons. The molecule has 2 rings (SSSR count). The molecule has 5 heteroatoms. The van der Waals surface area contributed by atoms with Crippen molar-refractivity contribution < 1.29 is 19.0 Å². The molecule has 92 valence electrons. The summed E-state index contributed by atoms with van der Waals surface area (Å²) < 4.78 is 18.3. The SMILES string of the molecule is Nc1ccc(Oc2cccc(F)c2)cc1C(=O)O. The molecule has 0 amide bonds. The minimum absolute atomic E-state index is 0.0519. The molecule has 4 nitrogen and oxygen atoms in total. The van der Waals surface area contributed by atoms with Gasteiger partial charge in [-0.15, -0.1) is 0 Å². The predicted octanol–water partition coefficient (Wildman–Crippen LogP) is 2.90. The Morgan fingerprint density at radius 1 is 1.17 bits per heavy atom. The Balaban J connectivity index is 2.30. The van der Waals surface area contributed by atoms with Crippen molar-refractivity contribution in [2.45, 2.75) is 0 Å². The molecule has 0 unspecified atom stereocenters. The molecule has 0 aliphatic heterocycles. The first kappa shape index (κ1) is 11.9. The van der Waals surface area contributed by atoms with Gasteiger partial charge in [0.05, 0.1) is 5.56 Å². The Kier molecular flexibility index (Phi) is 3.14. The van der Waals surface area contributed by atoms with E-state index in [0.717, 1.165) is 0 Å². The minimum Gasteiger partial charge on any atom is -0.478 e. The quantitative estimate of drug-likeness (QED) is 0.818. The Labute approximate surface area is 102 Å². The van der Waals surface area contributed by atoms with Crippen LogP contribution in [-0.2, 0) is 0 Å². The van der Waals surface area contributed by atoms with E-state index in [2.05, 4.69) is 0 Å². The van der Waals surface area contributed by atoms with Crippen molar-refractivity contribution in [1.29, 1.82) is 0 Å². The normalized spacial score (nSPS) is 10.1. The van der Waals surface area contributed by atoms with Crippen molar-refractivity contribution in [3.8, 4) is 11.5 Å². The molecular formula is C13H10FNO3. The van der Waals surface area contributed by atoms with Crippen molar-refractivity contribution in [3.63, 3.8) is 0 Å². The summed E-state index contributed by atoms with van der Waals surface area (Å²) in [5, 5.41) is 8.90. The summed E-state index contributed by atoms with van der Waals surface area (Å²) in [4.78, 5) is 10.9. The summed E-state index contributed by atoms with van der Waals surface area (Å²) in [5.41, 5.74) is 5.61. The van der Waals surface area contributed by atoms with Crippen molar-refractivity contribution in [3.05, 3.63) is 53.8 Å². The van der Waals surface area contributed by atoms with E-state index in [4.69, 9.17) is 15.6 Å². The maximum atomic E-state index is 12.9. The summed E-state index contributed by atoms with van der Waals surface area (Å²) in [6, 6.07) is 9.81. The van der Waals surface area contributed by atoms with Crippen LogP contribution >= 0.6 is 0 Å². The van der Waals surface area contributed by atoms with Gasteiger partial charge in [0, 0.05) is 11.8 Å². The van der Waals surface area contributed by atoms with Crippen molar-refractivity contribution in [1.82, 2.24) is 0 Å². The number of ether oxygens (including phenoxy) is 1. The average molecular weight is 247 g/mol. The van der Waals surface area contributed by atoms with Gasteiger partial charge >= 0.3 is 5.97 Å². The number of carbonyl (C=O) groups is 1. The van der Waals surface area contributed by atoms with Crippen LogP contribution in [0, 0.1) is 5.82 Å². The Morgan fingerprint density at radius 3 is 2.56 bits per heavy atom. The number of anilines is 1. The lowest BCUT2D eigenvalue weighted by atomic mass is 10.2. The van der Waals surface area contributed by atoms with Gasteiger partial charge in [-0.3, -0.25) is 0 Å². The number of nitrogens with two attached hydrogens (primary N) is 1. The molecule has 0 spiro atoms. The summed E-state index contributed by atoms with van der Waals surface area (Å²) in [6.45, 7) is 0. The monoisotopic (exact) mass is 247 g/mol. The van der Waals surface area contributed by atoms with E-state index in [1.807, 2.05) is 0 Å². The number of carboxylic acid groups (broad SMARTS) is 1. The van der Waals surface area contributed by atoms with Crippen molar-refractivity contribution >= 4 is 11.7 Å². The number of halogens is 1. The number of aromatic carboxylic acids is 1. The molecule has 18 heavy (non-hydrogen) atoms. The van der Waals surface area contributed by atoms with Crippen molar-refractivity contribution in [2.75, 3.05) is 5.73 Å². The van der Waals surface area contributed by atoms with E-state index < -0.39 is 11.8 Å². The Hall–Kier alpha value is -2.56. The van der Waals surface area contributed by atoms with Gasteiger partial charge in [0.15, 0.2) is 0 Å².